The normalized spacial score (nSPS) is 10.3. The summed E-state index contributed by atoms with van der Waals surface area (Å²) < 4.78 is 4.94. The van der Waals surface area contributed by atoms with Crippen molar-refractivity contribution in [1.82, 2.24) is 5.32 Å². The van der Waals surface area contributed by atoms with Crippen LogP contribution in [-0.4, -0.2) is 12.2 Å². The Morgan fingerprint density at radius 3 is 2.86 bits per heavy atom. The zero-order valence-corrected chi connectivity index (χ0v) is 9.48. The molecular weight excluding hydrogens is 198 g/mol. The molecule has 1 rings (SSSR count). The summed E-state index contributed by atoms with van der Waals surface area (Å²) in [6.07, 6.45) is -0.424. The molecule has 0 radical (unpaired) electrons. The van der Waals surface area contributed by atoms with E-state index in [0.29, 0.717) is 6.54 Å². The maximum absolute atomic E-state index is 11.1. The van der Waals surface area contributed by atoms with Crippen molar-refractivity contribution < 1.29 is 9.53 Å². The van der Waals surface area contributed by atoms with Gasteiger partial charge in [-0.05, 0) is 37.8 Å². The van der Waals surface area contributed by atoms with Crippen LogP contribution in [0.5, 0.6) is 0 Å². The molecule has 0 fully saturated rings. The summed E-state index contributed by atoms with van der Waals surface area (Å²) in [6.45, 7) is 6.24. The lowest BCUT2D eigenvalue weighted by Crippen LogP contribution is -2.26. The minimum Gasteiger partial charge on any atom is -0.447 e. The van der Waals surface area contributed by atoms with E-state index in [-0.39, 0.29) is 12.2 Å². The molecule has 78 valence electrons. The number of aryl methyl sites for hydroxylation is 1. The molecule has 0 aliphatic heterocycles. The largest absolute Gasteiger partial charge is 0.447 e. The van der Waals surface area contributed by atoms with Gasteiger partial charge in [0.25, 0.3) is 0 Å². The van der Waals surface area contributed by atoms with Gasteiger partial charge in [0, 0.05) is 4.88 Å². The Kier molecular flexibility index (Phi) is 3.95. The van der Waals surface area contributed by atoms with E-state index in [1.165, 1.54) is 10.4 Å². The molecule has 1 heterocycles. The van der Waals surface area contributed by atoms with Gasteiger partial charge >= 0.3 is 6.09 Å². The van der Waals surface area contributed by atoms with Crippen molar-refractivity contribution in [3.05, 3.63) is 21.9 Å². The molecule has 0 bridgehead atoms. The molecular formula is C10H15NO2S. The van der Waals surface area contributed by atoms with E-state index in [4.69, 9.17) is 4.74 Å². The van der Waals surface area contributed by atoms with Crippen molar-refractivity contribution in [2.24, 2.45) is 0 Å². The Labute approximate surface area is 88.1 Å². The molecule has 0 aliphatic rings. The number of carbonyl (C=O) groups is 1. The first-order valence-corrected chi connectivity index (χ1v) is 5.45. The SMILES string of the molecule is Cc1ccsc1CNC(=O)OC(C)C. The number of hydrogen-bond donors (Lipinski definition) is 1. The Hall–Kier alpha value is -1.03. The lowest BCUT2D eigenvalue weighted by molar-refractivity contribution is 0.115. The quantitative estimate of drug-likeness (QED) is 0.838. The molecule has 0 atom stereocenters. The zero-order valence-electron chi connectivity index (χ0n) is 8.66. The number of thiophene rings is 1. The Morgan fingerprint density at radius 1 is 1.64 bits per heavy atom. The second kappa shape index (κ2) is 5.00. The van der Waals surface area contributed by atoms with E-state index >= 15 is 0 Å². The minimum absolute atomic E-state index is 0.0700. The molecule has 1 amide bonds. The van der Waals surface area contributed by atoms with E-state index in [9.17, 15) is 4.79 Å². The Bertz CT molecular complexity index is 307. The molecule has 0 aromatic carbocycles. The third-order valence-electron chi connectivity index (χ3n) is 1.70. The highest BCUT2D eigenvalue weighted by molar-refractivity contribution is 7.10. The van der Waals surface area contributed by atoms with Gasteiger partial charge in [-0.1, -0.05) is 0 Å². The van der Waals surface area contributed by atoms with Gasteiger partial charge in [-0.2, -0.15) is 0 Å². The van der Waals surface area contributed by atoms with Crippen molar-refractivity contribution in [1.29, 1.82) is 0 Å². The second-order valence-electron chi connectivity index (χ2n) is 3.33. The Morgan fingerprint density at radius 2 is 2.36 bits per heavy atom. The molecule has 0 spiro atoms. The molecule has 1 aromatic heterocycles. The lowest BCUT2D eigenvalue weighted by Gasteiger charge is -2.08. The van der Waals surface area contributed by atoms with E-state index in [1.807, 2.05) is 32.2 Å². The average Bonchev–Trinajstić information content (AvgIpc) is 2.46. The van der Waals surface area contributed by atoms with Gasteiger partial charge < -0.3 is 10.1 Å². The number of alkyl carbamates (subject to hydrolysis) is 1. The summed E-state index contributed by atoms with van der Waals surface area (Å²) >= 11 is 1.64. The van der Waals surface area contributed by atoms with Crippen LogP contribution in [0.4, 0.5) is 4.79 Å². The predicted octanol–water partition coefficient (Wildman–Crippen LogP) is 2.69. The van der Waals surface area contributed by atoms with E-state index in [0.717, 1.165) is 0 Å². The van der Waals surface area contributed by atoms with Crippen molar-refractivity contribution in [3.8, 4) is 0 Å². The van der Waals surface area contributed by atoms with Crippen LogP contribution in [0.3, 0.4) is 0 Å². The van der Waals surface area contributed by atoms with Gasteiger partial charge in [0.05, 0.1) is 12.6 Å². The maximum atomic E-state index is 11.1. The van der Waals surface area contributed by atoms with Crippen LogP contribution in [0.2, 0.25) is 0 Å². The van der Waals surface area contributed by atoms with Crippen LogP contribution in [0.25, 0.3) is 0 Å². The van der Waals surface area contributed by atoms with Crippen molar-refractivity contribution >= 4 is 17.4 Å². The fourth-order valence-electron chi connectivity index (χ4n) is 0.993. The summed E-state index contributed by atoms with van der Waals surface area (Å²) in [5, 5.41) is 4.72. The number of rotatable bonds is 3. The molecule has 0 saturated heterocycles. The first-order valence-electron chi connectivity index (χ1n) is 4.57. The third kappa shape index (κ3) is 3.38. The van der Waals surface area contributed by atoms with Gasteiger partial charge in [0.2, 0.25) is 0 Å². The van der Waals surface area contributed by atoms with E-state index in [2.05, 4.69) is 5.32 Å². The molecule has 1 N–H and O–H groups in total. The summed E-state index contributed by atoms with van der Waals surface area (Å²) in [5.74, 6) is 0. The fraction of sp³-hybridized carbons (Fsp3) is 0.500. The number of amides is 1. The van der Waals surface area contributed by atoms with Crippen LogP contribution >= 0.6 is 11.3 Å². The van der Waals surface area contributed by atoms with Crippen LogP contribution in [0, 0.1) is 6.92 Å². The zero-order chi connectivity index (χ0) is 10.6. The number of carbonyl (C=O) groups excluding carboxylic acids is 1. The molecule has 0 aliphatic carbocycles. The summed E-state index contributed by atoms with van der Waals surface area (Å²) in [4.78, 5) is 12.3. The third-order valence-corrected chi connectivity index (χ3v) is 2.73. The summed E-state index contributed by atoms with van der Waals surface area (Å²) in [6, 6.07) is 2.04. The van der Waals surface area contributed by atoms with Gasteiger partial charge in [0.15, 0.2) is 0 Å². The molecule has 3 nitrogen and oxygen atoms in total. The van der Waals surface area contributed by atoms with E-state index < -0.39 is 0 Å². The van der Waals surface area contributed by atoms with Crippen molar-refractivity contribution in [2.45, 2.75) is 33.4 Å². The standard InChI is InChI=1S/C10H15NO2S/c1-7(2)13-10(12)11-6-9-8(3)4-5-14-9/h4-5,7H,6H2,1-3H3,(H,11,12). The van der Waals surface area contributed by atoms with Crippen LogP contribution < -0.4 is 5.32 Å². The first-order chi connectivity index (χ1) is 6.59. The number of ether oxygens (including phenoxy) is 1. The number of nitrogens with one attached hydrogen (secondary N) is 1. The van der Waals surface area contributed by atoms with Gasteiger partial charge in [-0.15, -0.1) is 11.3 Å². The highest BCUT2D eigenvalue weighted by Gasteiger charge is 2.05. The van der Waals surface area contributed by atoms with Gasteiger partial charge in [-0.25, -0.2) is 4.79 Å². The first kappa shape index (κ1) is 11.0. The molecule has 4 heteroatoms. The van der Waals surface area contributed by atoms with Gasteiger partial charge in [0.1, 0.15) is 0 Å². The van der Waals surface area contributed by atoms with Gasteiger partial charge in [-0.3, -0.25) is 0 Å². The smallest absolute Gasteiger partial charge is 0.407 e. The highest BCUT2D eigenvalue weighted by atomic mass is 32.1. The highest BCUT2D eigenvalue weighted by Crippen LogP contribution is 2.14. The predicted molar refractivity (Wildman–Crippen MR) is 57.5 cm³/mol. The topological polar surface area (TPSA) is 38.3 Å². The maximum Gasteiger partial charge on any atom is 0.407 e. The molecule has 0 unspecified atom stereocenters. The molecule has 1 aromatic rings. The van der Waals surface area contributed by atoms with Crippen molar-refractivity contribution in [2.75, 3.05) is 0 Å². The molecule has 14 heavy (non-hydrogen) atoms. The second-order valence-corrected chi connectivity index (χ2v) is 4.34. The lowest BCUT2D eigenvalue weighted by atomic mass is 10.3. The Balaban J connectivity index is 2.34. The van der Waals surface area contributed by atoms with Crippen LogP contribution in [0.1, 0.15) is 24.3 Å². The fourth-order valence-corrected chi connectivity index (χ4v) is 1.84. The van der Waals surface area contributed by atoms with Crippen LogP contribution in [-0.2, 0) is 11.3 Å². The average molecular weight is 213 g/mol. The summed E-state index contributed by atoms with van der Waals surface area (Å²) in [5.41, 5.74) is 1.21. The molecule has 0 saturated carbocycles. The van der Waals surface area contributed by atoms with E-state index in [1.54, 1.807) is 11.3 Å². The number of hydrogen-bond acceptors (Lipinski definition) is 3. The minimum atomic E-state index is -0.354. The summed E-state index contributed by atoms with van der Waals surface area (Å²) in [7, 11) is 0. The van der Waals surface area contributed by atoms with Crippen molar-refractivity contribution in [3.63, 3.8) is 0 Å². The van der Waals surface area contributed by atoms with Crippen LogP contribution in [0.15, 0.2) is 11.4 Å². The monoisotopic (exact) mass is 213 g/mol.